The fourth-order valence-electron chi connectivity index (χ4n) is 2.28. The Bertz CT molecular complexity index is 766. The lowest BCUT2D eigenvalue weighted by atomic mass is 10.0. The van der Waals surface area contributed by atoms with Crippen LogP contribution >= 0.6 is 11.6 Å². The van der Waals surface area contributed by atoms with E-state index in [2.05, 4.69) is 5.32 Å². The number of para-hydroxylation sites is 1. The largest absolute Gasteiger partial charge is 0.455 e. The number of furan rings is 1. The lowest BCUT2D eigenvalue weighted by Gasteiger charge is -2.06. The van der Waals surface area contributed by atoms with Crippen molar-refractivity contribution in [2.24, 2.45) is 0 Å². The van der Waals surface area contributed by atoms with Crippen LogP contribution in [0.5, 0.6) is 0 Å². The van der Waals surface area contributed by atoms with Gasteiger partial charge in [0.25, 0.3) is 0 Å². The average molecular weight is 290 g/mol. The van der Waals surface area contributed by atoms with E-state index in [9.17, 15) is 4.39 Å². The van der Waals surface area contributed by atoms with E-state index in [4.69, 9.17) is 16.0 Å². The van der Waals surface area contributed by atoms with Crippen LogP contribution in [0.4, 0.5) is 4.39 Å². The van der Waals surface area contributed by atoms with E-state index in [0.29, 0.717) is 22.9 Å². The molecule has 0 amide bonds. The van der Waals surface area contributed by atoms with Gasteiger partial charge in [0, 0.05) is 17.5 Å². The van der Waals surface area contributed by atoms with Gasteiger partial charge in [0.1, 0.15) is 11.6 Å². The Hall–Kier alpha value is -1.84. The fraction of sp³-hybridized carbons (Fsp3) is 0.125. The number of fused-ring (bicyclic) bond motifs is 1. The summed E-state index contributed by atoms with van der Waals surface area (Å²) in [6, 6.07) is 12.1. The smallest absolute Gasteiger partial charge is 0.153 e. The maximum Gasteiger partial charge on any atom is 0.153 e. The van der Waals surface area contributed by atoms with Crippen LogP contribution < -0.4 is 5.32 Å². The van der Waals surface area contributed by atoms with Crippen molar-refractivity contribution >= 4 is 22.6 Å². The summed E-state index contributed by atoms with van der Waals surface area (Å²) >= 11 is 6.11. The van der Waals surface area contributed by atoms with Crippen LogP contribution in [0.15, 0.2) is 46.9 Å². The highest BCUT2D eigenvalue weighted by atomic mass is 35.5. The number of hydrogen-bond acceptors (Lipinski definition) is 2. The van der Waals surface area contributed by atoms with Gasteiger partial charge in [0.2, 0.25) is 0 Å². The molecule has 4 heteroatoms. The maximum atomic E-state index is 13.5. The molecule has 0 atom stereocenters. The highest BCUT2D eigenvalue weighted by Crippen LogP contribution is 2.33. The van der Waals surface area contributed by atoms with Gasteiger partial charge in [-0.15, -0.1) is 0 Å². The van der Waals surface area contributed by atoms with Crippen LogP contribution in [0.1, 0.15) is 5.56 Å². The van der Waals surface area contributed by atoms with Crippen LogP contribution in [-0.4, -0.2) is 7.05 Å². The van der Waals surface area contributed by atoms with Crippen molar-refractivity contribution in [3.05, 3.63) is 58.9 Å². The molecule has 3 aromatic rings. The monoisotopic (exact) mass is 289 g/mol. The van der Waals surface area contributed by atoms with E-state index < -0.39 is 0 Å². The zero-order valence-corrected chi connectivity index (χ0v) is 11.7. The number of rotatable bonds is 3. The van der Waals surface area contributed by atoms with Crippen molar-refractivity contribution in [1.29, 1.82) is 0 Å². The molecular formula is C16H13ClFNO. The van der Waals surface area contributed by atoms with Gasteiger partial charge in [-0.05, 0) is 36.9 Å². The molecule has 0 fully saturated rings. The first kappa shape index (κ1) is 13.2. The molecule has 0 unspecified atom stereocenters. The number of halogens is 2. The van der Waals surface area contributed by atoms with E-state index in [1.807, 2.05) is 25.2 Å². The van der Waals surface area contributed by atoms with Crippen molar-refractivity contribution in [3.63, 3.8) is 0 Å². The van der Waals surface area contributed by atoms with Crippen LogP contribution in [0.25, 0.3) is 22.3 Å². The summed E-state index contributed by atoms with van der Waals surface area (Å²) in [6.07, 6.45) is 0. The third-order valence-electron chi connectivity index (χ3n) is 3.20. The SMILES string of the molecule is CNCc1ccc(F)cc1-c1cc2cccc(Cl)c2o1. The molecule has 0 saturated carbocycles. The van der Waals surface area contributed by atoms with Gasteiger partial charge in [0.15, 0.2) is 5.58 Å². The van der Waals surface area contributed by atoms with Crippen molar-refractivity contribution in [2.45, 2.75) is 6.54 Å². The van der Waals surface area contributed by atoms with Crippen LogP contribution in [0.2, 0.25) is 5.02 Å². The van der Waals surface area contributed by atoms with Gasteiger partial charge in [-0.3, -0.25) is 0 Å². The first-order valence-electron chi connectivity index (χ1n) is 6.30. The predicted molar refractivity (Wildman–Crippen MR) is 79.4 cm³/mol. The Labute approximate surface area is 121 Å². The molecule has 1 heterocycles. The Balaban J connectivity index is 2.19. The fourth-order valence-corrected chi connectivity index (χ4v) is 2.50. The van der Waals surface area contributed by atoms with Crippen molar-refractivity contribution in [1.82, 2.24) is 5.32 Å². The molecule has 20 heavy (non-hydrogen) atoms. The normalized spacial score (nSPS) is 11.2. The molecule has 1 N–H and O–H groups in total. The van der Waals surface area contributed by atoms with Gasteiger partial charge < -0.3 is 9.73 Å². The Morgan fingerprint density at radius 2 is 2.05 bits per heavy atom. The van der Waals surface area contributed by atoms with Crippen LogP contribution in [0, 0.1) is 5.82 Å². The molecule has 0 spiro atoms. The van der Waals surface area contributed by atoms with Gasteiger partial charge in [-0.1, -0.05) is 29.8 Å². The minimum Gasteiger partial charge on any atom is -0.455 e. The Morgan fingerprint density at radius 3 is 2.80 bits per heavy atom. The molecular weight excluding hydrogens is 277 g/mol. The zero-order chi connectivity index (χ0) is 14.1. The summed E-state index contributed by atoms with van der Waals surface area (Å²) in [4.78, 5) is 0. The molecule has 0 bridgehead atoms. The second-order valence-corrected chi connectivity index (χ2v) is 5.01. The van der Waals surface area contributed by atoms with Gasteiger partial charge in [-0.2, -0.15) is 0 Å². The molecule has 0 aliphatic heterocycles. The molecule has 1 aromatic heterocycles. The van der Waals surface area contributed by atoms with E-state index in [1.165, 1.54) is 12.1 Å². The average Bonchev–Trinajstić information content (AvgIpc) is 2.86. The molecule has 3 rings (SSSR count). The second-order valence-electron chi connectivity index (χ2n) is 4.60. The van der Waals surface area contributed by atoms with Crippen molar-refractivity contribution < 1.29 is 8.81 Å². The quantitative estimate of drug-likeness (QED) is 0.761. The summed E-state index contributed by atoms with van der Waals surface area (Å²) < 4.78 is 19.3. The summed E-state index contributed by atoms with van der Waals surface area (Å²) in [6.45, 7) is 0.639. The molecule has 2 aromatic carbocycles. The third kappa shape index (κ3) is 2.30. The minimum atomic E-state index is -0.286. The van der Waals surface area contributed by atoms with E-state index >= 15 is 0 Å². The first-order chi connectivity index (χ1) is 9.69. The van der Waals surface area contributed by atoms with Crippen LogP contribution in [0.3, 0.4) is 0 Å². The third-order valence-corrected chi connectivity index (χ3v) is 3.50. The highest BCUT2D eigenvalue weighted by Gasteiger charge is 2.13. The molecule has 0 saturated heterocycles. The maximum absolute atomic E-state index is 13.5. The van der Waals surface area contributed by atoms with Gasteiger partial charge in [0.05, 0.1) is 5.02 Å². The number of hydrogen-bond donors (Lipinski definition) is 1. The van der Waals surface area contributed by atoms with Gasteiger partial charge >= 0.3 is 0 Å². The van der Waals surface area contributed by atoms with Gasteiger partial charge in [-0.25, -0.2) is 4.39 Å². The molecule has 0 radical (unpaired) electrons. The molecule has 102 valence electrons. The van der Waals surface area contributed by atoms with Crippen molar-refractivity contribution in [3.8, 4) is 11.3 Å². The molecule has 0 aliphatic rings. The van der Waals surface area contributed by atoms with E-state index in [0.717, 1.165) is 16.5 Å². The Morgan fingerprint density at radius 1 is 1.20 bits per heavy atom. The number of benzene rings is 2. The lowest BCUT2D eigenvalue weighted by molar-refractivity contribution is 0.615. The van der Waals surface area contributed by atoms with E-state index in [-0.39, 0.29) is 5.82 Å². The first-order valence-corrected chi connectivity index (χ1v) is 6.68. The second kappa shape index (κ2) is 5.27. The molecule has 0 aliphatic carbocycles. The zero-order valence-electron chi connectivity index (χ0n) is 10.9. The number of nitrogens with one attached hydrogen (secondary N) is 1. The summed E-state index contributed by atoms with van der Waals surface area (Å²) in [5, 5.41) is 4.53. The summed E-state index contributed by atoms with van der Waals surface area (Å²) in [5.74, 6) is 0.337. The van der Waals surface area contributed by atoms with Crippen molar-refractivity contribution in [2.75, 3.05) is 7.05 Å². The van der Waals surface area contributed by atoms with E-state index in [1.54, 1.807) is 12.1 Å². The minimum absolute atomic E-state index is 0.286. The predicted octanol–water partition coefficient (Wildman–Crippen LogP) is 4.61. The highest BCUT2D eigenvalue weighted by molar-refractivity contribution is 6.34. The lowest BCUT2D eigenvalue weighted by Crippen LogP contribution is -2.06. The summed E-state index contributed by atoms with van der Waals surface area (Å²) in [7, 11) is 1.85. The van der Waals surface area contributed by atoms with Crippen LogP contribution in [-0.2, 0) is 6.54 Å². The molecule has 2 nitrogen and oxygen atoms in total. The Kier molecular flexibility index (Phi) is 3.47. The topological polar surface area (TPSA) is 25.2 Å². The summed E-state index contributed by atoms with van der Waals surface area (Å²) in [5.41, 5.74) is 2.35. The standard InChI is InChI=1S/C16H13ClFNO/c1-19-9-11-5-6-12(18)8-13(11)15-7-10-3-2-4-14(17)16(10)20-15/h2-8,19H,9H2,1H3.